The molecule has 0 bridgehead atoms. The first-order valence-electron chi connectivity index (χ1n) is 10.9. The molecule has 5 rings (SSSR count). The molecule has 0 saturated carbocycles. The molecule has 2 fully saturated rings. The molecule has 1 aromatic carbocycles. The fraction of sp³-hybridized carbons (Fsp3) is 0.409. The molecule has 168 valence electrons. The van der Waals surface area contributed by atoms with Gasteiger partial charge >= 0.3 is 0 Å². The van der Waals surface area contributed by atoms with Gasteiger partial charge in [0.25, 0.3) is 0 Å². The molecule has 0 N–H and O–H groups in total. The molecule has 0 atom stereocenters. The van der Waals surface area contributed by atoms with Crippen LogP contribution in [0.3, 0.4) is 0 Å². The molecule has 9 nitrogen and oxygen atoms in total. The molecule has 4 heterocycles. The molecule has 0 spiro atoms. The number of rotatable bonds is 5. The quantitative estimate of drug-likeness (QED) is 0.580. The van der Waals surface area contributed by atoms with E-state index in [0.29, 0.717) is 37.8 Å². The van der Waals surface area contributed by atoms with E-state index < -0.39 is 10.0 Å². The van der Waals surface area contributed by atoms with Gasteiger partial charge in [-0.3, -0.25) is 0 Å². The summed E-state index contributed by atoms with van der Waals surface area (Å²) >= 11 is 0. The van der Waals surface area contributed by atoms with Crippen LogP contribution in [0.2, 0.25) is 0 Å². The number of hydrogen-bond donors (Lipinski definition) is 0. The molecular weight excluding hydrogens is 428 g/mol. The molecular formula is C22H26N6O3S. The van der Waals surface area contributed by atoms with E-state index in [4.69, 9.17) is 9.40 Å². The average molecular weight is 455 g/mol. The van der Waals surface area contributed by atoms with Crippen molar-refractivity contribution in [1.29, 1.82) is 0 Å². The average Bonchev–Trinajstić information content (AvgIpc) is 3.52. The number of piperazine rings is 1. The van der Waals surface area contributed by atoms with Crippen LogP contribution in [0, 0.1) is 6.92 Å². The maximum absolute atomic E-state index is 13.2. The molecule has 2 aliphatic heterocycles. The van der Waals surface area contributed by atoms with Crippen molar-refractivity contribution in [3.63, 3.8) is 0 Å². The minimum Gasteiger partial charge on any atom is -0.449 e. The lowest BCUT2D eigenvalue weighted by molar-refractivity contribution is 0.384. The highest BCUT2D eigenvalue weighted by molar-refractivity contribution is 7.89. The van der Waals surface area contributed by atoms with Crippen molar-refractivity contribution in [3.8, 4) is 11.3 Å². The topological polar surface area (TPSA) is 95.7 Å². The third-order valence-electron chi connectivity index (χ3n) is 5.99. The van der Waals surface area contributed by atoms with E-state index in [-0.39, 0.29) is 4.90 Å². The predicted molar refractivity (Wildman–Crippen MR) is 121 cm³/mol. The number of benzene rings is 1. The zero-order chi connectivity index (χ0) is 22.1. The van der Waals surface area contributed by atoms with Gasteiger partial charge in [-0.2, -0.15) is 9.29 Å². The number of sulfonamides is 1. The first-order chi connectivity index (χ1) is 15.5. The summed E-state index contributed by atoms with van der Waals surface area (Å²) in [4.78, 5) is 18.0. The molecule has 32 heavy (non-hydrogen) atoms. The number of nitrogens with zero attached hydrogens (tertiary/aromatic N) is 6. The van der Waals surface area contributed by atoms with Crippen LogP contribution in [0.5, 0.6) is 0 Å². The molecule has 2 saturated heterocycles. The van der Waals surface area contributed by atoms with Crippen molar-refractivity contribution in [2.75, 3.05) is 49.1 Å². The van der Waals surface area contributed by atoms with Gasteiger partial charge in [0, 0.05) is 58.0 Å². The van der Waals surface area contributed by atoms with Crippen LogP contribution in [0.15, 0.2) is 52.1 Å². The molecule has 0 unspecified atom stereocenters. The summed E-state index contributed by atoms with van der Waals surface area (Å²) in [6.45, 7) is 5.76. The third kappa shape index (κ3) is 4.07. The number of anilines is 2. The van der Waals surface area contributed by atoms with Gasteiger partial charge in [-0.25, -0.2) is 18.4 Å². The lowest BCUT2D eigenvalue weighted by Gasteiger charge is -2.34. The Morgan fingerprint density at radius 3 is 2.25 bits per heavy atom. The molecule has 0 aliphatic carbocycles. The summed E-state index contributed by atoms with van der Waals surface area (Å²) in [6, 6.07) is 8.69. The Labute approximate surface area is 187 Å². The molecule has 0 amide bonds. The van der Waals surface area contributed by atoms with E-state index in [1.807, 2.05) is 6.07 Å². The van der Waals surface area contributed by atoms with Gasteiger partial charge in [0.2, 0.25) is 16.0 Å². The third-order valence-corrected chi connectivity index (χ3v) is 7.90. The van der Waals surface area contributed by atoms with E-state index in [9.17, 15) is 8.42 Å². The zero-order valence-corrected chi connectivity index (χ0v) is 18.8. The van der Waals surface area contributed by atoms with Crippen LogP contribution in [0.4, 0.5) is 11.8 Å². The zero-order valence-electron chi connectivity index (χ0n) is 18.0. The number of hydrogen-bond acceptors (Lipinski definition) is 8. The van der Waals surface area contributed by atoms with E-state index in [0.717, 1.165) is 30.4 Å². The van der Waals surface area contributed by atoms with Crippen molar-refractivity contribution < 1.29 is 12.8 Å². The Morgan fingerprint density at radius 2 is 1.59 bits per heavy atom. The first kappa shape index (κ1) is 20.9. The standard InChI is InChI=1S/C22H26N6O3S/c1-17-24-20(16-31-17)18-4-6-19(7-5-18)32(29,30)28-14-12-26(13-15-28)21-8-9-23-22(25-21)27-10-2-3-11-27/h4-9,16H,2-3,10-15H2,1H3. The van der Waals surface area contributed by atoms with Crippen LogP contribution < -0.4 is 9.80 Å². The van der Waals surface area contributed by atoms with Crippen molar-refractivity contribution in [2.45, 2.75) is 24.7 Å². The maximum atomic E-state index is 13.2. The van der Waals surface area contributed by atoms with Gasteiger partial charge in [-0.05, 0) is 31.0 Å². The van der Waals surface area contributed by atoms with Crippen LogP contribution in [-0.2, 0) is 10.0 Å². The Balaban J connectivity index is 1.26. The fourth-order valence-electron chi connectivity index (χ4n) is 4.19. The maximum Gasteiger partial charge on any atom is 0.243 e. The molecule has 2 aromatic heterocycles. The smallest absolute Gasteiger partial charge is 0.243 e. The van der Waals surface area contributed by atoms with E-state index >= 15 is 0 Å². The summed E-state index contributed by atoms with van der Waals surface area (Å²) in [7, 11) is -3.56. The SMILES string of the molecule is Cc1nc(-c2ccc(S(=O)(=O)N3CCN(c4ccnc(N5CCCC5)n4)CC3)cc2)co1. The lowest BCUT2D eigenvalue weighted by Crippen LogP contribution is -2.49. The number of aryl methyl sites for hydroxylation is 1. The van der Waals surface area contributed by atoms with Crippen LogP contribution in [0.1, 0.15) is 18.7 Å². The van der Waals surface area contributed by atoms with E-state index in [1.54, 1.807) is 48.0 Å². The summed E-state index contributed by atoms with van der Waals surface area (Å²) in [5, 5.41) is 0. The van der Waals surface area contributed by atoms with Crippen molar-refractivity contribution in [1.82, 2.24) is 19.3 Å². The Hall–Kier alpha value is -2.98. The fourth-order valence-corrected chi connectivity index (χ4v) is 5.61. The van der Waals surface area contributed by atoms with Gasteiger partial charge in [0.05, 0.1) is 4.90 Å². The van der Waals surface area contributed by atoms with E-state index in [1.165, 1.54) is 12.8 Å². The second-order valence-corrected chi connectivity index (χ2v) is 10.0. The predicted octanol–water partition coefficient (Wildman–Crippen LogP) is 2.55. The second-order valence-electron chi connectivity index (χ2n) is 8.08. The Bertz CT molecular complexity index is 1180. The van der Waals surface area contributed by atoms with Crippen molar-refractivity contribution >= 4 is 21.8 Å². The Kier molecular flexibility index (Phi) is 5.56. The van der Waals surface area contributed by atoms with Crippen LogP contribution in [-0.4, -0.2) is 66.9 Å². The van der Waals surface area contributed by atoms with Crippen molar-refractivity contribution in [2.24, 2.45) is 0 Å². The molecule has 10 heteroatoms. The lowest BCUT2D eigenvalue weighted by atomic mass is 10.2. The Morgan fingerprint density at radius 1 is 0.875 bits per heavy atom. The molecule has 0 radical (unpaired) electrons. The summed E-state index contributed by atoms with van der Waals surface area (Å²) in [5.41, 5.74) is 1.52. The highest BCUT2D eigenvalue weighted by Crippen LogP contribution is 2.25. The first-order valence-corrected chi connectivity index (χ1v) is 12.3. The van der Waals surface area contributed by atoms with E-state index in [2.05, 4.69) is 19.8 Å². The molecule has 3 aromatic rings. The van der Waals surface area contributed by atoms with Gasteiger partial charge in [-0.1, -0.05) is 12.1 Å². The van der Waals surface area contributed by atoms with Crippen molar-refractivity contribution in [3.05, 3.63) is 48.7 Å². The minimum atomic E-state index is -3.56. The number of oxazole rings is 1. The largest absolute Gasteiger partial charge is 0.449 e. The summed E-state index contributed by atoms with van der Waals surface area (Å²) < 4.78 is 33.1. The van der Waals surface area contributed by atoms with Gasteiger partial charge < -0.3 is 14.2 Å². The second kappa shape index (κ2) is 8.51. The van der Waals surface area contributed by atoms with Crippen LogP contribution in [0.25, 0.3) is 11.3 Å². The van der Waals surface area contributed by atoms with Gasteiger partial charge in [0.1, 0.15) is 17.8 Å². The highest BCUT2D eigenvalue weighted by Gasteiger charge is 2.29. The van der Waals surface area contributed by atoms with Gasteiger partial charge in [0.15, 0.2) is 5.89 Å². The minimum absolute atomic E-state index is 0.285. The summed E-state index contributed by atoms with van der Waals surface area (Å²) in [5.74, 6) is 2.19. The highest BCUT2D eigenvalue weighted by atomic mass is 32.2. The summed E-state index contributed by atoms with van der Waals surface area (Å²) in [6.07, 6.45) is 5.70. The normalized spacial score (nSPS) is 17.8. The van der Waals surface area contributed by atoms with Crippen LogP contribution >= 0.6 is 0 Å². The van der Waals surface area contributed by atoms with Gasteiger partial charge in [-0.15, -0.1) is 0 Å². The molecule has 2 aliphatic rings. The number of aromatic nitrogens is 3. The monoisotopic (exact) mass is 454 g/mol.